The van der Waals surface area contributed by atoms with Crippen LogP contribution in [0.15, 0.2) is 12.3 Å². The van der Waals surface area contributed by atoms with Gasteiger partial charge in [0.2, 0.25) is 5.91 Å². The summed E-state index contributed by atoms with van der Waals surface area (Å²) in [6, 6.07) is 2.20. The van der Waals surface area contributed by atoms with E-state index in [1.165, 1.54) is 0 Å². The number of carbonyl (C=O) groups is 1. The third kappa shape index (κ3) is 4.07. The SMILES string of the molecule is CN(CCn1ccc(N)n1)CC(=O)NC1CC1. The third-order valence-corrected chi connectivity index (χ3v) is 2.73. The largest absolute Gasteiger partial charge is 0.382 e. The highest BCUT2D eigenvalue weighted by molar-refractivity contribution is 5.78. The summed E-state index contributed by atoms with van der Waals surface area (Å²) < 4.78 is 1.78. The van der Waals surface area contributed by atoms with Gasteiger partial charge in [-0.05, 0) is 26.0 Å². The fourth-order valence-corrected chi connectivity index (χ4v) is 1.60. The Labute approximate surface area is 101 Å². The third-order valence-electron chi connectivity index (χ3n) is 2.73. The molecule has 6 nitrogen and oxygen atoms in total. The van der Waals surface area contributed by atoms with Gasteiger partial charge in [0, 0.05) is 18.8 Å². The zero-order chi connectivity index (χ0) is 12.3. The lowest BCUT2D eigenvalue weighted by molar-refractivity contribution is -0.122. The smallest absolute Gasteiger partial charge is 0.234 e. The molecule has 0 bridgehead atoms. The quantitative estimate of drug-likeness (QED) is 0.710. The molecule has 1 aliphatic rings. The van der Waals surface area contributed by atoms with E-state index < -0.39 is 0 Å². The molecule has 0 spiro atoms. The van der Waals surface area contributed by atoms with Crippen LogP contribution in [0.5, 0.6) is 0 Å². The van der Waals surface area contributed by atoms with Crippen LogP contribution in [-0.2, 0) is 11.3 Å². The van der Waals surface area contributed by atoms with Gasteiger partial charge < -0.3 is 11.1 Å². The summed E-state index contributed by atoms with van der Waals surface area (Å²) in [6.07, 6.45) is 4.09. The second-order valence-corrected chi connectivity index (χ2v) is 4.58. The van der Waals surface area contributed by atoms with Crippen molar-refractivity contribution >= 4 is 11.7 Å². The number of nitrogens with two attached hydrogens (primary N) is 1. The van der Waals surface area contributed by atoms with Crippen LogP contribution >= 0.6 is 0 Å². The molecule has 3 N–H and O–H groups in total. The monoisotopic (exact) mass is 237 g/mol. The molecule has 94 valence electrons. The minimum atomic E-state index is 0.106. The minimum absolute atomic E-state index is 0.106. The number of carbonyl (C=O) groups excluding carboxylic acids is 1. The normalized spacial score (nSPS) is 15.2. The molecule has 0 aromatic carbocycles. The van der Waals surface area contributed by atoms with E-state index in [0.717, 1.165) is 25.9 Å². The summed E-state index contributed by atoms with van der Waals surface area (Å²) >= 11 is 0. The van der Waals surface area contributed by atoms with E-state index in [1.54, 1.807) is 10.7 Å². The fraction of sp³-hybridized carbons (Fsp3) is 0.636. The maximum absolute atomic E-state index is 11.5. The first kappa shape index (κ1) is 11.9. The van der Waals surface area contributed by atoms with Gasteiger partial charge >= 0.3 is 0 Å². The van der Waals surface area contributed by atoms with Crippen molar-refractivity contribution in [1.29, 1.82) is 0 Å². The molecule has 1 aromatic heterocycles. The predicted octanol–water partition coefficient (Wildman–Crippen LogP) is -0.324. The Morgan fingerprint density at radius 3 is 3.06 bits per heavy atom. The van der Waals surface area contributed by atoms with Gasteiger partial charge in [-0.2, -0.15) is 5.10 Å². The first-order valence-corrected chi connectivity index (χ1v) is 5.90. The van der Waals surface area contributed by atoms with E-state index in [4.69, 9.17) is 5.73 Å². The van der Waals surface area contributed by atoms with Crippen molar-refractivity contribution in [2.45, 2.75) is 25.4 Å². The van der Waals surface area contributed by atoms with Crippen LogP contribution in [0.3, 0.4) is 0 Å². The van der Waals surface area contributed by atoms with Crippen LogP contribution in [0.4, 0.5) is 5.82 Å². The van der Waals surface area contributed by atoms with E-state index in [-0.39, 0.29) is 5.91 Å². The zero-order valence-electron chi connectivity index (χ0n) is 10.1. The highest BCUT2D eigenvalue weighted by atomic mass is 16.2. The van der Waals surface area contributed by atoms with Crippen molar-refractivity contribution < 1.29 is 4.79 Å². The Morgan fingerprint density at radius 1 is 1.71 bits per heavy atom. The second-order valence-electron chi connectivity index (χ2n) is 4.58. The van der Waals surface area contributed by atoms with Crippen LogP contribution in [0.25, 0.3) is 0 Å². The molecule has 1 heterocycles. The fourth-order valence-electron chi connectivity index (χ4n) is 1.60. The van der Waals surface area contributed by atoms with Crippen LogP contribution in [0, 0.1) is 0 Å². The van der Waals surface area contributed by atoms with E-state index in [2.05, 4.69) is 10.4 Å². The van der Waals surface area contributed by atoms with E-state index in [1.807, 2.05) is 18.1 Å². The molecular formula is C11H19N5O. The Morgan fingerprint density at radius 2 is 2.47 bits per heavy atom. The zero-order valence-corrected chi connectivity index (χ0v) is 10.1. The number of aromatic nitrogens is 2. The molecule has 0 aliphatic heterocycles. The molecule has 1 aromatic rings. The number of hydrogen-bond donors (Lipinski definition) is 2. The number of hydrogen-bond acceptors (Lipinski definition) is 4. The van der Waals surface area contributed by atoms with Gasteiger partial charge in [0.25, 0.3) is 0 Å². The van der Waals surface area contributed by atoms with Crippen LogP contribution in [0.2, 0.25) is 0 Å². The lowest BCUT2D eigenvalue weighted by atomic mass is 10.4. The van der Waals surface area contributed by atoms with Gasteiger partial charge in [-0.15, -0.1) is 0 Å². The number of nitrogens with zero attached hydrogens (tertiary/aromatic N) is 3. The molecule has 0 atom stereocenters. The summed E-state index contributed by atoms with van der Waals surface area (Å²) in [4.78, 5) is 13.5. The summed E-state index contributed by atoms with van der Waals surface area (Å²) in [7, 11) is 1.93. The standard InChI is InChI=1S/C11H19N5O/c1-15(8-11(17)13-9-2-3-9)6-7-16-5-4-10(12)14-16/h4-5,9H,2-3,6-8H2,1H3,(H2,12,14)(H,13,17). The van der Waals surface area contributed by atoms with Gasteiger partial charge in [-0.3, -0.25) is 14.4 Å². The summed E-state index contributed by atoms with van der Waals surface area (Å²) in [5, 5.41) is 7.05. The van der Waals surface area contributed by atoms with Crippen LogP contribution in [0.1, 0.15) is 12.8 Å². The first-order valence-electron chi connectivity index (χ1n) is 5.90. The van der Waals surface area contributed by atoms with Gasteiger partial charge in [0.1, 0.15) is 5.82 Å². The van der Waals surface area contributed by atoms with Crippen molar-refractivity contribution in [3.63, 3.8) is 0 Å². The molecule has 0 saturated heterocycles. The number of rotatable bonds is 6. The molecule has 1 aliphatic carbocycles. The topological polar surface area (TPSA) is 76.2 Å². The summed E-state index contributed by atoms with van der Waals surface area (Å²) in [5.74, 6) is 0.633. The highest BCUT2D eigenvalue weighted by Gasteiger charge is 2.23. The van der Waals surface area contributed by atoms with Crippen molar-refractivity contribution in [2.75, 3.05) is 25.9 Å². The highest BCUT2D eigenvalue weighted by Crippen LogP contribution is 2.18. The van der Waals surface area contributed by atoms with Crippen LogP contribution in [-0.4, -0.2) is 46.8 Å². The lowest BCUT2D eigenvalue weighted by Gasteiger charge is -2.15. The second kappa shape index (κ2) is 5.18. The molecule has 2 rings (SSSR count). The molecule has 17 heavy (non-hydrogen) atoms. The summed E-state index contributed by atoms with van der Waals surface area (Å²) in [6.45, 7) is 1.96. The van der Waals surface area contributed by atoms with Crippen molar-refractivity contribution in [1.82, 2.24) is 20.0 Å². The minimum Gasteiger partial charge on any atom is -0.382 e. The predicted molar refractivity (Wildman–Crippen MR) is 65.3 cm³/mol. The van der Waals surface area contributed by atoms with Gasteiger partial charge in [-0.1, -0.05) is 0 Å². The van der Waals surface area contributed by atoms with E-state index in [9.17, 15) is 4.79 Å². The maximum Gasteiger partial charge on any atom is 0.234 e. The molecule has 0 radical (unpaired) electrons. The average Bonchev–Trinajstić information content (AvgIpc) is 2.96. The maximum atomic E-state index is 11.5. The number of anilines is 1. The van der Waals surface area contributed by atoms with Crippen molar-refractivity contribution in [3.05, 3.63) is 12.3 Å². The van der Waals surface area contributed by atoms with Gasteiger partial charge in [0.15, 0.2) is 0 Å². The molecule has 1 amide bonds. The molecule has 1 fully saturated rings. The average molecular weight is 237 g/mol. The van der Waals surface area contributed by atoms with Crippen molar-refractivity contribution in [2.24, 2.45) is 0 Å². The first-order chi connectivity index (χ1) is 8.13. The molecule has 0 unspecified atom stereocenters. The number of nitrogens with one attached hydrogen (secondary N) is 1. The van der Waals surface area contributed by atoms with Crippen LogP contribution < -0.4 is 11.1 Å². The van der Waals surface area contributed by atoms with E-state index in [0.29, 0.717) is 18.4 Å². The van der Waals surface area contributed by atoms with E-state index >= 15 is 0 Å². The summed E-state index contributed by atoms with van der Waals surface area (Å²) in [5.41, 5.74) is 5.52. The number of likely N-dealkylation sites (N-methyl/N-ethyl adjacent to an activating group) is 1. The van der Waals surface area contributed by atoms with Gasteiger partial charge in [0.05, 0.1) is 13.1 Å². The Bertz CT molecular complexity index is 385. The Hall–Kier alpha value is -1.56. The Kier molecular flexibility index (Phi) is 3.63. The lowest BCUT2D eigenvalue weighted by Crippen LogP contribution is -2.37. The molecule has 6 heteroatoms. The molecule has 1 saturated carbocycles. The number of nitrogen functional groups attached to an aromatic ring is 1. The molecular weight excluding hydrogens is 218 g/mol. The van der Waals surface area contributed by atoms with Crippen molar-refractivity contribution in [3.8, 4) is 0 Å². The number of amides is 1. The Balaban J connectivity index is 1.65. The van der Waals surface area contributed by atoms with Gasteiger partial charge in [-0.25, -0.2) is 0 Å².